The molecular weight excluding hydrogens is 637 g/mol. The van der Waals surface area contributed by atoms with Crippen molar-refractivity contribution in [3.05, 3.63) is 47.9 Å². The first-order valence-electron chi connectivity index (χ1n) is 17.8. The van der Waals surface area contributed by atoms with Crippen molar-refractivity contribution in [3.63, 3.8) is 0 Å². The number of aromatic nitrogens is 3. The summed E-state index contributed by atoms with van der Waals surface area (Å²) < 4.78 is 28.9. The number of phenolic OH excluding ortho intramolecular Hbond substituents is 1. The van der Waals surface area contributed by atoms with Crippen molar-refractivity contribution in [1.29, 1.82) is 0 Å². The molecule has 2 N–H and O–H groups in total. The lowest BCUT2D eigenvalue weighted by atomic mass is 9.75. The molecule has 4 aromatic rings. The van der Waals surface area contributed by atoms with E-state index in [-0.39, 0.29) is 46.2 Å². The predicted molar refractivity (Wildman–Crippen MR) is 192 cm³/mol. The molecule has 3 aliphatic rings. The number of rotatable bonds is 11. The molecule has 0 radical (unpaired) electrons. The number of aryl methyl sites for hydroxylation is 1. The molecule has 2 aromatic heterocycles. The number of hydrogen-bond acceptors (Lipinski definition) is 10. The van der Waals surface area contributed by atoms with Crippen LogP contribution in [0.3, 0.4) is 0 Å². The second kappa shape index (κ2) is 13.4. The van der Waals surface area contributed by atoms with E-state index in [2.05, 4.69) is 41.1 Å². The van der Waals surface area contributed by atoms with E-state index in [9.17, 15) is 9.90 Å². The topological polar surface area (TPSA) is 116 Å². The summed E-state index contributed by atoms with van der Waals surface area (Å²) in [6.07, 6.45) is 9.05. The molecule has 4 heterocycles. The Balaban J connectivity index is 1.25. The van der Waals surface area contributed by atoms with Crippen molar-refractivity contribution in [2.24, 2.45) is 0 Å². The molecule has 266 valence electrons. The van der Waals surface area contributed by atoms with Crippen molar-refractivity contribution in [1.82, 2.24) is 29.7 Å². The van der Waals surface area contributed by atoms with E-state index in [0.717, 1.165) is 74.2 Å². The van der Waals surface area contributed by atoms with Gasteiger partial charge in [-0.05, 0) is 100 Å². The Hall–Kier alpha value is -4.29. The third-order valence-electron chi connectivity index (χ3n) is 11.4. The number of pyridine rings is 1. The van der Waals surface area contributed by atoms with E-state index < -0.39 is 5.82 Å². The second-order valence-corrected chi connectivity index (χ2v) is 14.7. The number of fused-ring (bicyclic) bond motifs is 3. The number of carbonyl (C=O) groups excluding carboxylic acids is 1. The van der Waals surface area contributed by atoms with Crippen LogP contribution in [-0.2, 0) is 11.2 Å². The third-order valence-corrected chi connectivity index (χ3v) is 11.4. The molecule has 1 amide bonds. The van der Waals surface area contributed by atoms with Crippen LogP contribution in [-0.4, -0.2) is 112 Å². The highest BCUT2D eigenvalue weighted by Gasteiger charge is 2.50. The van der Waals surface area contributed by atoms with Gasteiger partial charge in [0.25, 0.3) is 0 Å². The van der Waals surface area contributed by atoms with Gasteiger partial charge >= 0.3 is 12.1 Å². The number of aromatic hydroxyl groups is 1. The fourth-order valence-electron chi connectivity index (χ4n) is 8.29. The fraction of sp³-hybridized carbons (Fsp3) is 0.526. The Labute approximate surface area is 292 Å². The molecule has 1 aliphatic carbocycles. The average molecular weight is 686 g/mol. The van der Waals surface area contributed by atoms with Gasteiger partial charge in [-0.2, -0.15) is 9.97 Å². The zero-order chi connectivity index (χ0) is 35.2. The van der Waals surface area contributed by atoms with Gasteiger partial charge < -0.3 is 29.7 Å². The maximum absolute atomic E-state index is 16.9. The lowest BCUT2D eigenvalue weighted by Gasteiger charge is -2.47. The van der Waals surface area contributed by atoms with Gasteiger partial charge in [0.15, 0.2) is 5.82 Å². The highest BCUT2D eigenvalue weighted by atomic mass is 19.1. The number of nitrogens with one attached hydrogen (secondary N) is 1. The van der Waals surface area contributed by atoms with Crippen LogP contribution in [0.5, 0.6) is 11.8 Å². The van der Waals surface area contributed by atoms with Crippen molar-refractivity contribution in [2.75, 3.05) is 59.8 Å². The van der Waals surface area contributed by atoms with Gasteiger partial charge in [0.2, 0.25) is 0 Å². The summed E-state index contributed by atoms with van der Waals surface area (Å²) in [7, 11) is 7.54. The van der Waals surface area contributed by atoms with Crippen LogP contribution in [0.25, 0.3) is 32.9 Å². The normalized spacial score (nSPS) is 21.4. The van der Waals surface area contributed by atoms with Crippen LogP contribution < -0.4 is 10.1 Å². The minimum Gasteiger partial charge on any atom is -0.508 e. The standard InChI is InChI=1S/C38H48FN7O4/c1-6-24-10-7-11-25-18-27(47)19-28(30(24)25)32-31(39)33-29(20-40-32)34(41-22-37(45(4)5)13-8-14-37)43-35(42-33)50-23-38-15-9-17-46(38)26(12-16-38)21-49-36(48)44(2)3/h7,10-11,18-20,26,47H,6,8-9,12-17,21-23H2,1-5H3,(H,41,42,43)/t26-,38-/m1/s1. The van der Waals surface area contributed by atoms with E-state index >= 15 is 4.39 Å². The van der Waals surface area contributed by atoms with E-state index in [1.807, 2.05) is 18.2 Å². The molecule has 2 atom stereocenters. The number of halogens is 1. The fourth-order valence-corrected chi connectivity index (χ4v) is 8.29. The first kappa shape index (κ1) is 34.2. The molecule has 7 rings (SSSR count). The van der Waals surface area contributed by atoms with E-state index in [1.54, 1.807) is 32.4 Å². The molecule has 2 saturated heterocycles. The Bertz CT molecular complexity index is 1920. The van der Waals surface area contributed by atoms with Gasteiger partial charge in [-0.25, -0.2) is 9.18 Å². The second-order valence-electron chi connectivity index (χ2n) is 14.7. The summed E-state index contributed by atoms with van der Waals surface area (Å²) in [5.74, 6) is -0.0741. The summed E-state index contributed by atoms with van der Waals surface area (Å²) in [6, 6.07) is 9.36. The summed E-state index contributed by atoms with van der Waals surface area (Å²) in [6.45, 7) is 4.26. The summed E-state index contributed by atoms with van der Waals surface area (Å²) >= 11 is 0. The monoisotopic (exact) mass is 685 g/mol. The summed E-state index contributed by atoms with van der Waals surface area (Å²) in [5, 5.41) is 16.3. The number of phenols is 1. The number of anilines is 1. The van der Waals surface area contributed by atoms with Crippen LogP contribution in [0.1, 0.15) is 57.4 Å². The molecule has 12 heteroatoms. The smallest absolute Gasteiger partial charge is 0.409 e. The highest BCUT2D eigenvalue weighted by Crippen LogP contribution is 2.44. The van der Waals surface area contributed by atoms with Gasteiger partial charge in [0.1, 0.15) is 36.0 Å². The van der Waals surface area contributed by atoms with Crippen LogP contribution in [0.2, 0.25) is 0 Å². The highest BCUT2D eigenvalue weighted by molar-refractivity contribution is 6.01. The third kappa shape index (κ3) is 6.06. The summed E-state index contributed by atoms with van der Waals surface area (Å²) in [5.41, 5.74) is 1.53. The van der Waals surface area contributed by atoms with Crippen LogP contribution in [0, 0.1) is 5.82 Å². The zero-order valence-electron chi connectivity index (χ0n) is 29.8. The van der Waals surface area contributed by atoms with E-state index in [0.29, 0.717) is 36.5 Å². The first-order valence-corrected chi connectivity index (χ1v) is 17.8. The average Bonchev–Trinajstić information content (AvgIpc) is 3.64. The number of amides is 1. The number of carbonyl (C=O) groups is 1. The van der Waals surface area contributed by atoms with Crippen LogP contribution in [0.15, 0.2) is 36.5 Å². The van der Waals surface area contributed by atoms with Crippen molar-refractivity contribution >= 4 is 33.6 Å². The molecule has 0 spiro atoms. The number of nitrogens with zero attached hydrogens (tertiary/aromatic N) is 6. The SMILES string of the molecule is CCc1cccc2cc(O)cc(-c3ncc4c(NCC5(N(C)C)CCC5)nc(OC[C@]56CCCN5[C@@H](COC(=O)N(C)C)CC6)nc4c3F)c12. The molecule has 3 fully saturated rings. The zero-order valence-corrected chi connectivity index (χ0v) is 29.8. The maximum Gasteiger partial charge on any atom is 0.409 e. The minimum absolute atomic E-state index is 0.0144. The van der Waals surface area contributed by atoms with Gasteiger partial charge in [0, 0.05) is 44.0 Å². The molecule has 1 saturated carbocycles. The largest absolute Gasteiger partial charge is 0.508 e. The molecule has 0 bridgehead atoms. The number of hydrogen-bond donors (Lipinski definition) is 2. The van der Waals surface area contributed by atoms with Crippen LogP contribution >= 0.6 is 0 Å². The molecule has 50 heavy (non-hydrogen) atoms. The van der Waals surface area contributed by atoms with Crippen molar-refractivity contribution in [3.8, 4) is 23.0 Å². The van der Waals surface area contributed by atoms with Crippen LogP contribution in [0.4, 0.5) is 15.0 Å². The lowest BCUT2D eigenvalue weighted by Crippen LogP contribution is -2.54. The quantitative estimate of drug-likeness (QED) is 0.189. The number of ether oxygens (including phenoxy) is 2. The first-order chi connectivity index (χ1) is 24.0. The molecule has 2 aromatic carbocycles. The van der Waals surface area contributed by atoms with E-state index in [1.165, 1.54) is 4.90 Å². The Morgan fingerprint density at radius 3 is 2.66 bits per heavy atom. The maximum atomic E-state index is 16.9. The molecule has 2 aliphatic heterocycles. The van der Waals surface area contributed by atoms with Crippen molar-refractivity contribution < 1.29 is 23.8 Å². The summed E-state index contributed by atoms with van der Waals surface area (Å²) in [4.78, 5) is 32.4. The van der Waals surface area contributed by atoms with Gasteiger partial charge in [-0.3, -0.25) is 9.88 Å². The Morgan fingerprint density at radius 1 is 1.12 bits per heavy atom. The minimum atomic E-state index is -0.592. The molecular formula is C38H48FN7O4. The van der Waals surface area contributed by atoms with Gasteiger partial charge in [-0.1, -0.05) is 25.1 Å². The molecule has 11 nitrogen and oxygen atoms in total. The lowest BCUT2D eigenvalue weighted by molar-refractivity contribution is 0.0484. The number of benzene rings is 2. The van der Waals surface area contributed by atoms with Gasteiger partial charge in [-0.15, -0.1) is 0 Å². The Morgan fingerprint density at radius 2 is 1.94 bits per heavy atom. The predicted octanol–water partition coefficient (Wildman–Crippen LogP) is 6.22. The van der Waals surface area contributed by atoms with Crippen molar-refractivity contribution in [2.45, 2.75) is 75.4 Å². The number of likely N-dealkylation sites (N-methyl/N-ethyl adjacent to an activating group) is 1. The Kier molecular flexibility index (Phi) is 9.19. The molecule has 0 unspecified atom stereocenters. The van der Waals surface area contributed by atoms with Gasteiger partial charge in [0.05, 0.1) is 10.9 Å². The van der Waals surface area contributed by atoms with E-state index in [4.69, 9.17) is 19.4 Å².